The highest BCUT2D eigenvalue weighted by Gasteiger charge is 2.09. The minimum absolute atomic E-state index is 0.367. The lowest BCUT2D eigenvalue weighted by Crippen LogP contribution is -2.17. The number of hydrogen-bond donors (Lipinski definition) is 1. The molecule has 0 spiro atoms. The van der Waals surface area contributed by atoms with Gasteiger partial charge in [0.2, 0.25) is 0 Å². The number of nitrogens with zero attached hydrogens (tertiary/aromatic N) is 2. The molecule has 0 radical (unpaired) electrons. The Labute approximate surface area is 114 Å². The summed E-state index contributed by atoms with van der Waals surface area (Å²) < 4.78 is 3.06. The lowest BCUT2D eigenvalue weighted by molar-refractivity contribution is 0.580. The van der Waals surface area contributed by atoms with E-state index in [9.17, 15) is 0 Å². The molecule has 0 amide bonds. The summed E-state index contributed by atoms with van der Waals surface area (Å²) in [5, 5.41) is 9.88. The molecule has 0 bridgehead atoms. The fourth-order valence-electron chi connectivity index (χ4n) is 1.64. The summed E-state index contributed by atoms with van der Waals surface area (Å²) in [6.45, 7) is 5.14. The summed E-state index contributed by atoms with van der Waals surface area (Å²) in [6, 6.07) is 2.53. The topological polar surface area (TPSA) is 29.9 Å². The van der Waals surface area contributed by atoms with Gasteiger partial charge >= 0.3 is 0 Å². The zero-order valence-electron chi connectivity index (χ0n) is 10.2. The standard InChI is InChI=1S/C12H16BrN3S/c1-8(12-4-11(13)7-17-12)14-5-10-6-15-16(3)9(10)2/h4,6-8,14H,5H2,1-3H3. The van der Waals surface area contributed by atoms with Crippen LogP contribution in [0.15, 0.2) is 22.1 Å². The van der Waals surface area contributed by atoms with Crippen LogP contribution in [0.25, 0.3) is 0 Å². The molecule has 2 aromatic rings. The second-order valence-corrected chi connectivity index (χ2v) is 6.01. The molecule has 0 aromatic carbocycles. The van der Waals surface area contributed by atoms with E-state index in [-0.39, 0.29) is 0 Å². The van der Waals surface area contributed by atoms with E-state index in [0.717, 1.165) is 11.0 Å². The summed E-state index contributed by atoms with van der Waals surface area (Å²) in [4.78, 5) is 1.35. The number of thiophene rings is 1. The zero-order chi connectivity index (χ0) is 12.4. The molecule has 0 saturated carbocycles. The maximum atomic E-state index is 4.24. The van der Waals surface area contributed by atoms with Crippen molar-refractivity contribution in [1.29, 1.82) is 0 Å². The summed E-state index contributed by atoms with van der Waals surface area (Å²) >= 11 is 5.25. The molecule has 2 heterocycles. The molecule has 0 aliphatic rings. The third kappa shape index (κ3) is 2.97. The van der Waals surface area contributed by atoms with Crippen molar-refractivity contribution in [1.82, 2.24) is 15.1 Å². The SMILES string of the molecule is Cc1c(CNC(C)c2cc(Br)cs2)cnn1C. The van der Waals surface area contributed by atoms with Crippen LogP contribution in [0.2, 0.25) is 0 Å². The highest BCUT2D eigenvalue weighted by molar-refractivity contribution is 9.10. The number of halogens is 1. The van der Waals surface area contributed by atoms with Crippen molar-refractivity contribution in [3.05, 3.63) is 38.3 Å². The predicted octanol–water partition coefficient (Wildman–Crippen LogP) is 3.40. The van der Waals surface area contributed by atoms with Crippen LogP contribution in [0.1, 0.15) is 29.1 Å². The van der Waals surface area contributed by atoms with Crippen molar-refractivity contribution in [2.24, 2.45) is 7.05 Å². The molecule has 0 aliphatic heterocycles. The summed E-state index contributed by atoms with van der Waals surface area (Å²) in [6.07, 6.45) is 1.93. The second kappa shape index (κ2) is 5.33. The van der Waals surface area contributed by atoms with Crippen molar-refractivity contribution in [2.75, 3.05) is 0 Å². The molecule has 2 aromatic heterocycles. The van der Waals surface area contributed by atoms with Crippen molar-refractivity contribution in [2.45, 2.75) is 26.4 Å². The Kier molecular flexibility index (Phi) is 4.01. The van der Waals surface area contributed by atoms with Gasteiger partial charge in [-0.2, -0.15) is 5.10 Å². The first-order valence-electron chi connectivity index (χ1n) is 5.52. The number of rotatable bonds is 4. The zero-order valence-corrected chi connectivity index (χ0v) is 12.6. The highest BCUT2D eigenvalue weighted by atomic mass is 79.9. The first kappa shape index (κ1) is 12.8. The van der Waals surface area contributed by atoms with Crippen molar-refractivity contribution in [3.63, 3.8) is 0 Å². The van der Waals surface area contributed by atoms with Crippen LogP contribution in [-0.4, -0.2) is 9.78 Å². The average Bonchev–Trinajstić information content (AvgIpc) is 2.86. The van der Waals surface area contributed by atoms with Crippen LogP contribution < -0.4 is 5.32 Å². The van der Waals surface area contributed by atoms with Crippen LogP contribution in [0.5, 0.6) is 0 Å². The Bertz CT molecular complexity index is 504. The van der Waals surface area contributed by atoms with E-state index in [1.165, 1.54) is 16.1 Å². The first-order chi connectivity index (χ1) is 8.08. The van der Waals surface area contributed by atoms with Gasteiger partial charge in [-0.15, -0.1) is 11.3 Å². The van der Waals surface area contributed by atoms with Crippen molar-refractivity contribution >= 4 is 27.3 Å². The smallest absolute Gasteiger partial charge is 0.0537 e. The van der Waals surface area contributed by atoms with E-state index in [2.05, 4.69) is 51.6 Å². The molecule has 1 N–H and O–H groups in total. The molecule has 0 aliphatic carbocycles. The number of nitrogens with one attached hydrogen (secondary N) is 1. The Morgan fingerprint density at radius 2 is 2.35 bits per heavy atom. The summed E-state index contributed by atoms with van der Waals surface area (Å²) in [5.41, 5.74) is 2.48. The quantitative estimate of drug-likeness (QED) is 0.937. The molecule has 0 saturated heterocycles. The van der Waals surface area contributed by atoms with Gasteiger partial charge in [-0.3, -0.25) is 4.68 Å². The Balaban J connectivity index is 1.96. The van der Waals surface area contributed by atoms with Gasteiger partial charge in [0.25, 0.3) is 0 Å². The number of hydrogen-bond acceptors (Lipinski definition) is 3. The highest BCUT2D eigenvalue weighted by Crippen LogP contribution is 2.25. The first-order valence-corrected chi connectivity index (χ1v) is 7.20. The normalized spacial score (nSPS) is 12.9. The molecule has 1 atom stereocenters. The Morgan fingerprint density at radius 3 is 2.88 bits per heavy atom. The molecule has 5 heteroatoms. The monoisotopic (exact) mass is 313 g/mol. The summed E-state index contributed by atoms with van der Waals surface area (Å²) in [5.74, 6) is 0. The average molecular weight is 314 g/mol. The van der Waals surface area contributed by atoms with Crippen LogP contribution in [0.4, 0.5) is 0 Å². The third-order valence-corrected chi connectivity index (χ3v) is 4.83. The molecule has 17 heavy (non-hydrogen) atoms. The van der Waals surface area contributed by atoms with Gasteiger partial charge in [-0.25, -0.2) is 0 Å². The second-order valence-electron chi connectivity index (χ2n) is 4.15. The van der Waals surface area contributed by atoms with E-state index >= 15 is 0 Å². The van der Waals surface area contributed by atoms with Gasteiger partial charge < -0.3 is 5.32 Å². The minimum atomic E-state index is 0.367. The van der Waals surface area contributed by atoms with E-state index in [1.807, 2.05) is 17.9 Å². The largest absolute Gasteiger partial charge is 0.305 e. The van der Waals surface area contributed by atoms with Gasteiger partial charge in [0.1, 0.15) is 0 Å². The maximum absolute atomic E-state index is 4.24. The lowest BCUT2D eigenvalue weighted by Gasteiger charge is -2.11. The third-order valence-electron chi connectivity index (χ3n) is 2.95. The van der Waals surface area contributed by atoms with Gasteiger partial charge in [0, 0.05) is 45.6 Å². The predicted molar refractivity (Wildman–Crippen MR) is 75.2 cm³/mol. The van der Waals surface area contributed by atoms with Crippen LogP contribution in [-0.2, 0) is 13.6 Å². The fraction of sp³-hybridized carbons (Fsp3) is 0.417. The summed E-state index contributed by atoms with van der Waals surface area (Å²) in [7, 11) is 1.97. The van der Waals surface area contributed by atoms with Gasteiger partial charge in [0.05, 0.1) is 6.20 Å². The molecule has 92 valence electrons. The molecule has 3 nitrogen and oxygen atoms in total. The van der Waals surface area contributed by atoms with Crippen LogP contribution >= 0.6 is 27.3 Å². The molecule has 2 rings (SSSR count). The lowest BCUT2D eigenvalue weighted by atomic mass is 10.2. The Morgan fingerprint density at radius 1 is 1.59 bits per heavy atom. The van der Waals surface area contributed by atoms with E-state index in [0.29, 0.717) is 6.04 Å². The van der Waals surface area contributed by atoms with Crippen molar-refractivity contribution < 1.29 is 0 Å². The fourth-order valence-corrected chi connectivity index (χ4v) is 3.11. The Hall–Kier alpha value is -0.650. The van der Waals surface area contributed by atoms with E-state index in [4.69, 9.17) is 0 Å². The molecular weight excluding hydrogens is 298 g/mol. The minimum Gasteiger partial charge on any atom is -0.305 e. The maximum Gasteiger partial charge on any atom is 0.0537 e. The van der Waals surface area contributed by atoms with Gasteiger partial charge in [-0.1, -0.05) is 0 Å². The number of aromatic nitrogens is 2. The van der Waals surface area contributed by atoms with E-state index in [1.54, 1.807) is 11.3 Å². The molecule has 0 fully saturated rings. The van der Waals surface area contributed by atoms with Crippen LogP contribution in [0.3, 0.4) is 0 Å². The number of aryl methyl sites for hydroxylation is 1. The van der Waals surface area contributed by atoms with Crippen LogP contribution in [0, 0.1) is 6.92 Å². The molecular formula is C12H16BrN3S. The van der Waals surface area contributed by atoms with E-state index < -0.39 is 0 Å². The molecule has 1 unspecified atom stereocenters. The van der Waals surface area contributed by atoms with Gasteiger partial charge in [0.15, 0.2) is 0 Å². The van der Waals surface area contributed by atoms with Gasteiger partial charge in [-0.05, 0) is 35.8 Å². The van der Waals surface area contributed by atoms with Crippen molar-refractivity contribution in [3.8, 4) is 0 Å².